The molecule has 1 aromatic heterocycles. The second-order valence-electron chi connectivity index (χ2n) is 12.6. The number of hydrogen-bond donors (Lipinski definition) is 0. The SMILES string of the molecule is CCC(c1cc(C(F)(F)F)cc(C(F)(F)F)c1)N(Cc1cc(C(F)(F)F)ccc1N(CC)CC1CCCC1)c1ncc(OCCS(C)(=O)=O)cn1. The van der Waals surface area contributed by atoms with Gasteiger partial charge in [-0.25, -0.2) is 18.4 Å². The minimum Gasteiger partial charge on any atom is -0.489 e. The molecule has 1 heterocycles. The van der Waals surface area contributed by atoms with Crippen LogP contribution in [0.25, 0.3) is 0 Å². The minimum absolute atomic E-state index is 0.00670. The number of rotatable bonds is 14. The lowest BCUT2D eigenvalue weighted by atomic mass is 9.96. The number of anilines is 2. The normalized spacial score (nSPS) is 15.2. The van der Waals surface area contributed by atoms with Gasteiger partial charge in [0.2, 0.25) is 5.95 Å². The van der Waals surface area contributed by atoms with Crippen molar-refractivity contribution in [2.45, 2.75) is 77.1 Å². The molecule has 0 N–H and O–H groups in total. The molecule has 0 amide bonds. The van der Waals surface area contributed by atoms with Gasteiger partial charge in [-0.3, -0.25) is 0 Å². The van der Waals surface area contributed by atoms with Crippen LogP contribution in [0.4, 0.5) is 51.1 Å². The van der Waals surface area contributed by atoms with Crippen LogP contribution in [0.15, 0.2) is 48.8 Å². The fraction of sp³-hybridized carbons (Fsp3) is 0.529. The minimum atomic E-state index is -5.14. The van der Waals surface area contributed by atoms with E-state index in [0.29, 0.717) is 36.8 Å². The molecule has 0 spiro atoms. The summed E-state index contributed by atoms with van der Waals surface area (Å²) in [6.07, 6.45) is -7.91. The lowest BCUT2D eigenvalue weighted by Crippen LogP contribution is -2.33. The Balaban J connectivity index is 1.88. The van der Waals surface area contributed by atoms with E-state index < -0.39 is 63.2 Å². The molecule has 4 rings (SSSR count). The monoisotopic (exact) mass is 754 g/mol. The lowest BCUT2D eigenvalue weighted by molar-refractivity contribution is -0.143. The third-order valence-electron chi connectivity index (χ3n) is 8.78. The van der Waals surface area contributed by atoms with Crippen LogP contribution in [-0.4, -0.2) is 50.1 Å². The van der Waals surface area contributed by atoms with Crippen molar-refractivity contribution in [2.75, 3.05) is 41.5 Å². The fourth-order valence-corrected chi connectivity index (χ4v) is 6.64. The molecule has 3 aromatic rings. The highest BCUT2D eigenvalue weighted by Crippen LogP contribution is 2.41. The molecule has 17 heteroatoms. The molecule has 0 saturated heterocycles. The standard InChI is InChI=1S/C34H39F9N4O3S/c1-4-29(23-14-26(33(38,39)40)17-27(15-23)34(41,42)43)47(31-44-18-28(19-45-31)50-12-13-51(3,48)49)21-24-16-25(32(35,36)37)10-11-30(24)46(5-2)20-22-8-6-7-9-22/h10-11,14-19,22,29H,4-9,12-13,20-21H2,1-3H3. The van der Waals surface area contributed by atoms with Crippen LogP contribution < -0.4 is 14.5 Å². The van der Waals surface area contributed by atoms with E-state index in [-0.39, 0.29) is 42.1 Å². The predicted octanol–water partition coefficient (Wildman–Crippen LogP) is 9.13. The van der Waals surface area contributed by atoms with Gasteiger partial charge in [-0.15, -0.1) is 0 Å². The van der Waals surface area contributed by atoms with Crippen LogP contribution in [0.2, 0.25) is 0 Å². The summed E-state index contributed by atoms with van der Waals surface area (Å²) in [6.45, 7) is 3.64. The van der Waals surface area contributed by atoms with E-state index >= 15 is 0 Å². The van der Waals surface area contributed by atoms with E-state index in [9.17, 15) is 47.9 Å². The van der Waals surface area contributed by atoms with Crippen molar-refractivity contribution in [1.82, 2.24) is 9.97 Å². The van der Waals surface area contributed by atoms with Crippen LogP contribution in [0.1, 0.15) is 79.8 Å². The topological polar surface area (TPSA) is 75.6 Å². The molecule has 1 unspecified atom stereocenters. The lowest BCUT2D eigenvalue weighted by Gasteiger charge is -2.35. The molecule has 282 valence electrons. The molecule has 1 aliphatic rings. The number of sulfone groups is 1. The Morgan fingerprint density at radius 2 is 1.41 bits per heavy atom. The van der Waals surface area contributed by atoms with E-state index in [2.05, 4.69) is 9.97 Å². The number of hydrogen-bond acceptors (Lipinski definition) is 7. The fourth-order valence-electron chi connectivity index (χ4n) is 6.25. The molecule has 1 aliphatic carbocycles. The van der Waals surface area contributed by atoms with Crippen LogP contribution >= 0.6 is 0 Å². The van der Waals surface area contributed by atoms with Gasteiger partial charge >= 0.3 is 18.5 Å². The van der Waals surface area contributed by atoms with Gasteiger partial charge < -0.3 is 14.5 Å². The number of benzene rings is 2. The molecule has 0 aliphatic heterocycles. The maximum absolute atomic E-state index is 14.1. The predicted molar refractivity (Wildman–Crippen MR) is 174 cm³/mol. The largest absolute Gasteiger partial charge is 0.489 e. The number of alkyl halides is 9. The first-order valence-corrected chi connectivity index (χ1v) is 18.4. The molecule has 1 atom stereocenters. The van der Waals surface area contributed by atoms with E-state index in [0.717, 1.165) is 56.5 Å². The highest BCUT2D eigenvalue weighted by Gasteiger charge is 2.39. The molecule has 7 nitrogen and oxygen atoms in total. The van der Waals surface area contributed by atoms with Crippen LogP contribution in [0, 0.1) is 5.92 Å². The molecule has 0 bridgehead atoms. The Labute approximate surface area is 290 Å². The number of nitrogens with zero attached hydrogens (tertiary/aromatic N) is 4. The van der Waals surface area contributed by atoms with Gasteiger partial charge in [-0.2, -0.15) is 39.5 Å². The zero-order chi connectivity index (χ0) is 37.8. The Morgan fingerprint density at radius 3 is 1.90 bits per heavy atom. The maximum atomic E-state index is 14.1. The number of aromatic nitrogens is 2. The summed E-state index contributed by atoms with van der Waals surface area (Å²) in [5.74, 6) is -0.236. The summed E-state index contributed by atoms with van der Waals surface area (Å²) in [5.41, 5.74) is -3.94. The first-order chi connectivity index (χ1) is 23.7. The van der Waals surface area contributed by atoms with Gasteiger partial charge in [0.25, 0.3) is 0 Å². The van der Waals surface area contributed by atoms with Gasteiger partial charge in [0, 0.05) is 31.6 Å². The summed E-state index contributed by atoms with van der Waals surface area (Å²) in [5, 5.41) is 0. The third kappa shape index (κ3) is 10.9. The Morgan fingerprint density at radius 1 is 0.843 bits per heavy atom. The summed E-state index contributed by atoms with van der Waals surface area (Å²) in [6, 6.07) is 3.11. The summed E-state index contributed by atoms with van der Waals surface area (Å²) in [7, 11) is -3.38. The van der Waals surface area contributed by atoms with E-state index in [4.69, 9.17) is 4.74 Å². The zero-order valence-electron chi connectivity index (χ0n) is 28.2. The van der Waals surface area contributed by atoms with Gasteiger partial charge in [0.15, 0.2) is 15.6 Å². The summed E-state index contributed by atoms with van der Waals surface area (Å²) < 4.78 is 154. The smallest absolute Gasteiger partial charge is 0.416 e. The van der Waals surface area contributed by atoms with Crippen molar-refractivity contribution >= 4 is 21.5 Å². The first-order valence-electron chi connectivity index (χ1n) is 16.3. The second kappa shape index (κ2) is 15.9. The second-order valence-corrected chi connectivity index (χ2v) is 14.9. The van der Waals surface area contributed by atoms with Crippen molar-refractivity contribution in [3.05, 3.63) is 76.6 Å². The van der Waals surface area contributed by atoms with Gasteiger partial charge in [0.05, 0.1) is 40.9 Å². The quantitative estimate of drug-likeness (QED) is 0.152. The molecule has 1 fully saturated rings. The van der Waals surface area contributed by atoms with E-state index in [1.165, 1.54) is 17.9 Å². The van der Waals surface area contributed by atoms with Crippen molar-refractivity contribution < 1.29 is 52.7 Å². The Bertz CT molecular complexity index is 1690. The number of halogens is 9. The number of ether oxygens (including phenoxy) is 1. The Hall–Kier alpha value is -3.76. The van der Waals surface area contributed by atoms with E-state index in [1.807, 2.05) is 11.8 Å². The van der Waals surface area contributed by atoms with E-state index in [1.54, 1.807) is 0 Å². The summed E-state index contributed by atoms with van der Waals surface area (Å²) in [4.78, 5) is 11.7. The molecular formula is C34H39F9N4O3S. The highest BCUT2D eigenvalue weighted by molar-refractivity contribution is 7.90. The van der Waals surface area contributed by atoms with Crippen molar-refractivity contribution in [2.24, 2.45) is 5.92 Å². The van der Waals surface area contributed by atoms with Gasteiger partial charge in [0.1, 0.15) is 6.61 Å². The van der Waals surface area contributed by atoms with Crippen molar-refractivity contribution in [3.8, 4) is 5.75 Å². The average molecular weight is 755 g/mol. The van der Waals surface area contributed by atoms with Crippen LogP contribution in [0.5, 0.6) is 5.75 Å². The Kier molecular flexibility index (Phi) is 12.4. The molecule has 1 saturated carbocycles. The van der Waals surface area contributed by atoms with Crippen molar-refractivity contribution in [1.29, 1.82) is 0 Å². The van der Waals surface area contributed by atoms with Gasteiger partial charge in [-0.1, -0.05) is 19.8 Å². The molecule has 0 radical (unpaired) electrons. The van der Waals surface area contributed by atoms with Crippen LogP contribution in [-0.2, 0) is 34.9 Å². The average Bonchev–Trinajstić information content (AvgIpc) is 3.55. The van der Waals surface area contributed by atoms with Gasteiger partial charge in [-0.05, 0) is 79.6 Å². The van der Waals surface area contributed by atoms with Crippen LogP contribution in [0.3, 0.4) is 0 Å². The zero-order valence-corrected chi connectivity index (χ0v) is 29.0. The highest BCUT2D eigenvalue weighted by atomic mass is 32.2. The molecular weight excluding hydrogens is 715 g/mol. The third-order valence-corrected chi connectivity index (χ3v) is 9.68. The molecule has 2 aromatic carbocycles. The maximum Gasteiger partial charge on any atom is 0.416 e. The molecule has 51 heavy (non-hydrogen) atoms. The van der Waals surface area contributed by atoms with Crippen molar-refractivity contribution in [3.63, 3.8) is 0 Å². The summed E-state index contributed by atoms with van der Waals surface area (Å²) >= 11 is 0. The first kappa shape index (κ1) is 40.0.